The van der Waals surface area contributed by atoms with Gasteiger partial charge in [0.1, 0.15) is 11.5 Å². The van der Waals surface area contributed by atoms with Crippen LogP contribution in [-0.4, -0.2) is 23.4 Å². The number of ketones is 1. The number of carbonyl (C=O) groups is 2. The van der Waals surface area contributed by atoms with Crippen molar-refractivity contribution in [1.82, 2.24) is 0 Å². The highest BCUT2D eigenvalue weighted by atomic mass is 35.5. The maximum Gasteiger partial charge on any atom is 0.264 e. The molecule has 2 aromatic rings. The summed E-state index contributed by atoms with van der Waals surface area (Å²) >= 11 is 6.06. The largest absolute Gasteiger partial charge is 0.494 e. The van der Waals surface area contributed by atoms with Gasteiger partial charge in [0.05, 0.1) is 18.8 Å². The molecule has 136 valence electrons. The van der Waals surface area contributed by atoms with E-state index in [4.69, 9.17) is 16.3 Å². The maximum atomic E-state index is 13.0. The summed E-state index contributed by atoms with van der Waals surface area (Å²) < 4.78 is 5.63. The predicted octanol–water partition coefficient (Wildman–Crippen LogP) is 3.45. The Morgan fingerprint density at radius 3 is 2.69 bits per heavy atom. The van der Waals surface area contributed by atoms with Gasteiger partial charge in [-0.1, -0.05) is 29.8 Å². The summed E-state index contributed by atoms with van der Waals surface area (Å²) in [4.78, 5) is 26.2. The Kier molecular flexibility index (Phi) is 5.03. The van der Waals surface area contributed by atoms with Crippen molar-refractivity contribution in [2.24, 2.45) is 0 Å². The second-order valence-electron chi connectivity index (χ2n) is 6.33. The van der Waals surface area contributed by atoms with E-state index in [0.717, 1.165) is 5.56 Å². The Bertz CT molecular complexity index is 867. The fraction of sp³-hybridized carbons (Fsp3) is 0.300. The lowest BCUT2D eigenvalue weighted by atomic mass is 9.90. The number of benzene rings is 2. The molecule has 1 aliphatic rings. The molecule has 5 nitrogen and oxygen atoms in total. The molecule has 1 atom stereocenters. The van der Waals surface area contributed by atoms with Crippen LogP contribution in [0.5, 0.6) is 5.75 Å². The number of halogens is 1. The van der Waals surface area contributed by atoms with E-state index in [-0.39, 0.29) is 18.7 Å². The number of ether oxygens (including phenoxy) is 1. The van der Waals surface area contributed by atoms with E-state index in [1.807, 2.05) is 31.2 Å². The average Bonchev–Trinajstić information content (AvgIpc) is 2.78. The Labute approximate surface area is 157 Å². The van der Waals surface area contributed by atoms with E-state index >= 15 is 0 Å². The molecule has 1 aliphatic heterocycles. The summed E-state index contributed by atoms with van der Waals surface area (Å²) in [5, 5.41) is 11.4. The molecule has 26 heavy (non-hydrogen) atoms. The van der Waals surface area contributed by atoms with Crippen LogP contribution in [-0.2, 0) is 21.7 Å². The first-order valence-electron chi connectivity index (χ1n) is 8.41. The van der Waals surface area contributed by atoms with Crippen molar-refractivity contribution in [1.29, 1.82) is 0 Å². The van der Waals surface area contributed by atoms with Crippen LogP contribution in [0.15, 0.2) is 42.5 Å². The molecule has 2 aromatic carbocycles. The average molecular weight is 374 g/mol. The third kappa shape index (κ3) is 3.20. The molecule has 0 fully saturated rings. The molecule has 6 heteroatoms. The third-order valence-electron chi connectivity index (χ3n) is 4.40. The zero-order valence-corrected chi connectivity index (χ0v) is 15.4. The van der Waals surface area contributed by atoms with Gasteiger partial charge in [0.2, 0.25) is 0 Å². The summed E-state index contributed by atoms with van der Waals surface area (Å²) in [5.41, 5.74) is -0.170. The van der Waals surface area contributed by atoms with Crippen LogP contribution in [0, 0.1) is 0 Å². The number of hydrogen-bond donors (Lipinski definition) is 1. The highest BCUT2D eigenvalue weighted by molar-refractivity contribution is 6.31. The van der Waals surface area contributed by atoms with Crippen molar-refractivity contribution in [3.8, 4) is 5.75 Å². The quantitative estimate of drug-likeness (QED) is 0.842. The van der Waals surface area contributed by atoms with Crippen LogP contribution in [0.2, 0.25) is 5.02 Å². The van der Waals surface area contributed by atoms with E-state index in [9.17, 15) is 14.7 Å². The van der Waals surface area contributed by atoms with Crippen LogP contribution in [0.4, 0.5) is 5.69 Å². The zero-order valence-electron chi connectivity index (χ0n) is 14.7. The molecule has 3 rings (SSSR count). The number of amides is 1. The van der Waals surface area contributed by atoms with E-state index in [1.165, 1.54) is 11.8 Å². The van der Waals surface area contributed by atoms with E-state index in [1.54, 1.807) is 18.2 Å². The normalized spacial score (nSPS) is 18.8. The van der Waals surface area contributed by atoms with E-state index in [0.29, 0.717) is 28.6 Å². The number of anilines is 1. The van der Waals surface area contributed by atoms with Crippen LogP contribution >= 0.6 is 11.6 Å². The van der Waals surface area contributed by atoms with Gasteiger partial charge in [-0.15, -0.1) is 0 Å². The van der Waals surface area contributed by atoms with Crippen LogP contribution in [0.1, 0.15) is 31.4 Å². The lowest BCUT2D eigenvalue weighted by molar-refractivity contribution is -0.141. The van der Waals surface area contributed by atoms with Gasteiger partial charge in [-0.3, -0.25) is 9.59 Å². The molecular weight excluding hydrogens is 354 g/mol. The Morgan fingerprint density at radius 2 is 2.00 bits per heavy atom. The molecule has 0 bridgehead atoms. The zero-order chi connectivity index (χ0) is 18.9. The van der Waals surface area contributed by atoms with Crippen molar-refractivity contribution >= 4 is 29.0 Å². The number of Topliss-reactive ketones (excluding diaryl/α,β-unsaturated/α-hetero) is 1. The number of nitrogens with zero attached hydrogens (tertiary/aromatic N) is 1. The predicted molar refractivity (Wildman–Crippen MR) is 99.4 cm³/mol. The molecule has 0 saturated carbocycles. The number of aliphatic hydroxyl groups is 1. The second-order valence-corrected chi connectivity index (χ2v) is 6.77. The van der Waals surface area contributed by atoms with Crippen LogP contribution in [0.3, 0.4) is 0 Å². The first kappa shape index (κ1) is 18.4. The van der Waals surface area contributed by atoms with Gasteiger partial charge >= 0.3 is 0 Å². The molecule has 1 N–H and O–H groups in total. The minimum atomic E-state index is -1.90. The van der Waals surface area contributed by atoms with Gasteiger partial charge in [0.15, 0.2) is 5.60 Å². The Hall–Kier alpha value is -2.37. The van der Waals surface area contributed by atoms with Crippen molar-refractivity contribution in [2.75, 3.05) is 11.5 Å². The topological polar surface area (TPSA) is 66.8 Å². The Balaban J connectivity index is 2.04. The third-order valence-corrected chi connectivity index (χ3v) is 4.63. The summed E-state index contributed by atoms with van der Waals surface area (Å²) in [7, 11) is 0. The van der Waals surface area contributed by atoms with Gasteiger partial charge in [-0.05, 0) is 38.1 Å². The monoisotopic (exact) mass is 373 g/mol. The molecule has 0 aromatic heterocycles. The number of hydrogen-bond acceptors (Lipinski definition) is 4. The summed E-state index contributed by atoms with van der Waals surface area (Å²) in [5.74, 6) is -0.125. The molecule has 0 aliphatic carbocycles. The lowest BCUT2D eigenvalue weighted by Gasteiger charge is -2.23. The molecule has 1 heterocycles. The number of para-hydroxylation sites is 1. The van der Waals surface area contributed by atoms with Crippen molar-refractivity contribution < 1.29 is 19.4 Å². The van der Waals surface area contributed by atoms with Crippen LogP contribution < -0.4 is 9.64 Å². The van der Waals surface area contributed by atoms with Crippen molar-refractivity contribution in [3.63, 3.8) is 0 Å². The fourth-order valence-corrected chi connectivity index (χ4v) is 3.48. The lowest BCUT2D eigenvalue weighted by Crippen LogP contribution is -2.41. The Morgan fingerprint density at radius 1 is 1.27 bits per heavy atom. The minimum Gasteiger partial charge on any atom is -0.494 e. The van der Waals surface area contributed by atoms with Gasteiger partial charge < -0.3 is 14.7 Å². The number of carbonyl (C=O) groups excluding carboxylic acids is 2. The molecule has 0 unspecified atom stereocenters. The fourth-order valence-electron chi connectivity index (χ4n) is 3.31. The SMILES string of the molecule is CCOc1ccccc1CN1C(=O)[C@@](O)(CC(C)=O)c2cc(Cl)ccc21. The first-order valence-corrected chi connectivity index (χ1v) is 8.79. The smallest absolute Gasteiger partial charge is 0.264 e. The van der Waals surface area contributed by atoms with E-state index < -0.39 is 11.5 Å². The van der Waals surface area contributed by atoms with Crippen molar-refractivity contribution in [3.05, 3.63) is 58.6 Å². The van der Waals surface area contributed by atoms with Gasteiger partial charge in [0.25, 0.3) is 5.91 Å². The maximum absolute atomic E-state index is 13.0. The molecular formula is C20H20ClNO4. The first-order chi connectivity index (χ1) is 12.4. The molecule has 0 spiro atoms. The molecule has 0 saturated heterocycles. The molecule has 0 radical (unpaired) electrons. The summed E-state index contributed by atoms with van der Waals surface area (Å²) in [6.45, 7) is 3.97. The highest BCUT2D eigenvalue weighted by Gasteiger charge is 2.50. The van der Waals surface area contributed by atoms with Gasteiger partial charge in [-0.2, -0.15) is 0 Å². The van der Waals surface area contributed by atoms with Gasteiger partial charge in [-0.25, -0.2) is 0 Å². The van der Waals surface area contributed by atoms with Crippen molar-refractivity contribution in [2.45, 2.75) is 32.4 Å². The molecule has 1 amide bonds. The highest BCUT2D eigenvalue weighted by Crippen LogP contribution is 2.44. The second kappa shape index (κ2) is 7.09. The van der Waals surface area contributed by atoms with Gasteiger partial charge in [0, 0.05) is 22.6 Å². The number of rotatable bonds is 6. The standard InChI is InChI=1S/C20H20ClNO4/c1-3-26-18-7-5-4-6-14(18)12-22-17-9-8-15(21)10-16(17)20(25,19(22)24)11-13(2)23/h4-10,25H,3,11-12H2,1-2H3/t20-/m1/s1. The minimum absolute atomic E-state index is 0.226. The van der Waals surface area contributed by atoms with E-state index in [2.05, 4.69) is 0 Å². The number of fused-ring (bicyclic) bond motifs is 1. The summed E-state index contributed by atoms with van der Waals surface area (Å²) in [6.07, 6.45) is -0.289. The van der Waals surface area contributed by atoms with Crippen LogP contribution in [0.25, 0.3) is 0 Å². The summed E-state index contributed by atoms with van der Waals surface area (Å²) in [6, 6.07) is 12.3.